The second kappa shape index (κ2) is 23.2. The molecule has 0 unspecified atom stereocenters. The van der Waals surface area contributed by atoms with E-state index in [4.69, 9.17) is 17.5 Å². The van der Waals surface area contributed by atoms with Crippen LogP contribution < -0.4 is 29.6 Å². The van der Waals surface area contributed by atoms with Gasteiger partial charge in [0, 0.05) is 0 Å². The Balaban J connectivity index is -0.000000158. The third kappa shape index (κ3) is 50.2. The summed E-state index contributed by atoms with van der Waals surface area (Å²) in [5.41, 5.74) is 0. The van der Waals surface area contributed by atoms with Gasteiger partial charge in [0.25, 0.3) is 0 Å². The Kier molecular flexibility index (Phi) is 34.7. The molecule has 0 rings (SSSR count). The molecule has 2 N–H and O–H groups in total. The zero-order valence-electron chi connectivity index (χ0n) is 12.9. The molecule has 0 aliphatic rings. The van der Waals surface area contributed by atoms with Crippen LogP contribution in [-0.4, -0.2) is 53.9 Å². The molecule has 0 saturated heterocycles. The molecule has 0 fully saturated rings. The smallest absolute Gasteiger partial charge is 0.264 e. The quantitative estimate of drug-likeness (QED) is 0.319. The molecule has 114 valence electrons. The van der Waals surface area contributed by atoms with Gasteiger partial charge in [0.05, 0.1) is 0 Å². The van der Waals surface area contributed by atoms with E-state index in [0.717, 1.165) is 0 Å². The Morgan fingerprint density at radius 2 is 1.05 bits per heavy atom. The van der Waals surface area contributed by atoms with Crippen LogP contribution in [0.2, 0.25) is 3.67 Å². The standard InChI is InChI=1S/C12H25.BH4.2Na.H2O4S/c1-3-5-7-9-11-12-10-8-6-4-2;;;;1-5(2,3)4/h1,3-12H2,2H3;1H4;;;(H2,1,2,3,4)/q;-1;;+1;. The summed E-state index contributed by atoms with van der Waals surface area (Å²) >= 11 is 1.41. The van der Waals surface area contributed by atoms with Gasteiger partial charge in [-0.05, 0) is 0 Å². The second-order valence-electron chi connectivity index (χ2n) is 4.63. The summed E-state index contributed by atoms with van der Waals surface area (Å²) in [7, 11) is -4.67. The molecular weight excluding hydrogens is 297 g/mol. The van der Waals surface area contributed by atoms with Crippen molar-refractivity contribution in [2.45, 2.75) is 74.8 Å². The first-order chi connectivity index (χ1) is 8.41. The topological polar surface area (TPSA) is 74.6 Å². The van der Waals surface area contributed by atoms with Gasteiger partial charge in [-0.2, -0.15) is 8.42 Å². The van der Waals surface area contributed by atoms with E-state index in [-0.39, 0.29) is 38.0 Å². The first kappa shape index (κ1) is 29.9. The fourth-order valence-electron chi connectivity index (χ4n) is 1.74. The van der Waals surface area contributed by atoms with Crippen LogP contribution in [0.3, 0.4) is 0 Å². The average molecular weight is 328 g/mol. The van der Waals surface area contributed by atoms with Crippen molar-refractivity contribution in [3.05, 3.63) is 0 Å². The number of hydrogen-bond donors (Lipinski definition) is 2. The van der Waals surface area contributed by atoms with E-state index in [1.54, 1.807) is 0 Å². The van der Waals surface area contributed by atoms with Crippen molar-refractivity contribution in [1.82, 2.24) is 0 Å². The largest absolute Gasteiger partial charge is 1.00 e. The van der Waals surface area contributed by atoms with Gasteiger partial charge >= 0.3 is 143 Å². The van der Waals surface area contributed by atoms with E-state index < -0.39 is 10.4 Å². The predicted octanol–water partition coefficient (Wildman–Crippen LogP) is -0.606. The summed E-state index contributed by atoms with van der Waals surface area (Å²) in [4.78, 5) is 0. The summed E-state index contributed by atoms with van der Waals surface area (Å²) in [6.07, 6.45) is 14.7. The van der Waals surface area contributed by atoms with Crippen LogP contribution in [0, 0.1) is 0 Å². The van der Waals surface area contributed by atoms with E-state index in [2.05, 4.69) is 6.92 Å². The van der Waals surface area contributed by atoms with Gasteiger partial charge in [-0.3, -0.25) is 9.11 Å². The summed E-state index contributed by atoms with van der Waals surface area (Å²) in [6.45, 7) is 2.29. The molecule has 0 aromatic rings. The van der Waals surface area contributed by atoms with Crippen molar-refractivity contribution in [2.75, 3.05) is 0 Å². The van der Waals surface area contributed by atoms with Crippen molar-refractivity contribution in [3.63, 3.8) is 0 Å². The Labute approximate surface area is 167 Å². The molecule has 0 atom stereocenters. The minimum absolute atomic E-state index is 0. The van der Waals surface area contributed by atoms with E-state index >= 15 is 0 Å². The molecule has 0 spiro atoms. The molecule has 0 bridgehead atoms. The predicted molar refractivity (Wildman–Crippen MR) is 87.9 cm³/mol. The third-order valence-electron chi connectivity index (χ3n) is 2.71. The summed E-state index contributed by atoms with van der Waals surface area (Å²) < 4.78 is 33.1. The van der Waals surface area contributed by atoms with Crippen LogP contribution in [0.5, 0.6) is 0 Å². The molecule has 4 nitrogen and oxygen atoms in total. The molecule has 0 aromatic heterocycles. The van der Waals surface area contributed by atoms with Crippen molar-refractivity contribution >= 4 is 46.7 Å². The average Bonchev–Trinajstić information content (AvgIpc) is 2.25. The molecule has 20 heavy (non-hydrogen) atoms. The molecular formula is C12H31BNa2O4S. The molecule has 0 saturated carbocycles. The minimum Gasteiger partial charge on any atom is -0.264 e. The van der Waals surface area contributed by atoms with Crippen LogP contribution in [0.15, 0.2) is 0 Å². The van der Waals surface area contributed by atoms with Crippen molar-refractivity contribution < 1.29 is 47.1 Å². The Bertz CT molecular complexity index is 234. The van der Waals surface area contributed by atoms with Crippen molar-refractivity contribution in [3.8, 4) is 0 Å². The maximum Gasteiger partial charge on any atom is 1.00 e. The molecule has 0 amide bonds. The van der Waals surface area contributed by atoms with Crippen LogP contribution in [0.1, 0.15) is 71.1 Å². The number of unbranched alkanes of at least 4 members (excludes halogenated alkanes) is 9. The molecule has 0 heterocycles. The van der Waals surface area contributed by atoms with Gasteiger partial charge in [-0.25, -0.2) is 0 Å². The van der Waals surface area contributed by atoms with Crippen LogP contribution in [-0.2, 0) is 10.4 Å². The van der Waals surface area contributed by atoms with Gasteiger partial charge in [0.1, 0.15) is 0 Å². The number of rotatable bonds is 10. The zero-order chi connectivity index (χ0) is 14.3. The van der Waals surface area contributed by atoms with Gasteiger partial charge in [0.2, 0.25) is 0 Å². The normalized spacial score (nSPS) is 9.85. The molecule has 0 aliphatic heterocycles. The van der Waals surface area contributed by atoms with Crippen molar-refractivity contribution in [2.24, 2.45) is 0 Å². The first-order valence-electron chi connectivity index (χ1n) is 7.11. The SMILES string of the molecule is CCCCCCCCCCC[CH2][Na].O=S(=O)(O)O.[BH4-].[Na+]. The molecule has 0 aromatic carbocycles. The van der Waals surface area contributed by atoms with Gasteiger partial charge in [-0.15, -0.1) is 0 Å². The van der Waals surface area contributed by atoms with Crippen LogP contribution in [0.4, 0.5) is 0 Å². The van der Waals surface area contributed by atoms with E-state index in [0.29, 0.717) is 0 Å². The monoisotopic (exact) mass is 328 g/mol. The summed E-state index contributed by atoms with van der Waals surface area (Å²) in [5.74, 6) is 0. The first-order valence-corrected chi connectivity index (χ1v) is 9.92. The third-order valence-corrected chi connectivity index (χ3v) is 3.41. The van der Waals surface area contributed by atoms with E-state index in [9.17, 15) is 0 Å². The van der Waals surface area contributed by atoms with Gasteiger partial charge in [0.15, 0.2) is 0 Å². The number of hydrogen-bond acceptors (Lipinski definition) is 2. The fourth-order valence-corrected chi connectivity index (χ4v) is 2.24. The van der Waals surface area contributed by atoms with E-state index in [1.807, 2.05) is 0 Å². The maximum atomic E-state index is 8.74. The Hall–Kier alpha value is 1.93. The van der Waals surface area contributed by atoms with Gasteiger partial charge < -0.3 is 0 Å². The van der Waals surface area contributed by atoms with Crippen LogP contribution >= 0.6 is 0 Å². The molecule has 0 radical (unpaired) electrons. The summed E-state index contributed by atoms with van der Waals surface area (Å²) in [5, 5.41) is 0. The summed E-state index contributed by atoms with van der Waals surface area (Å²) in [6, 6.07) is 0. The van der Waals surface area contributed by atoms with Crippen LogP contribution in [0.25, 0.3) is 0 Å². The van der Waals surface area contributed by atoms with E-state index in [1.165, 1.54) is 95.8 Å². The molecule has 0 aliphatic carbocycles. The minimum atomic E-state index is -4.67. The Morgan fingerprint density at radius 3 is 1.30 bits per heavy atom. The molecule has 8 heteroatoms. The van der Waals surface area contributed by atoms with Gasteiger partial charge in [-0.1, -0.05) is 8.41 Å². The Morgan fingerprint density at radius 1 is 0.800 bits per heavy atom. The second-order valence-corrected chi connectivity index (χ2v) is 6.53. The zero-order valence-corrected chi connectivity index (χ0v) is 17.7. The maximum absolute atomic E-state index is 8.74. The fraction of sp³-hybridized carbons (Fsp3) is 1.00. The van der Waals surface area contributed by atoms with Crippen molar-refractivity contribution in [1.29, 1.82) is 0 Å².